The van der Waals surface area contributed by atoms with Crippen molar-refractivity contribution in [2.45, 2.75) is 0 Å². The van der Waals surface area contributed by atoms with Crippen molar-refractivity contribution in [3.8, 4) is 22.6 Å². The number of ether oxygens (including phenoxy) is 1. The van der Waals surface area contributed by atoms with Gasteiger partial charge in [-0.2, -0.15) is 0 Å². The van der Waals surface area contributed by atoms with Crippen molar-refractivity contribution < 1.29 is 9.84 Å². The Bertz CT molecular complexity index is 492. The largest absolute Gasteiger partial charge is 0.507 e. The Labute approximate surface area is 103 Å². The van der Waals surface area contributed by atoms with E-state index in [2.05, 4.69) is 15.9 Å². The second kappa shape index (κ2) is 4.58. The molecule has 0 aliphatic heterocycles. The molecule has 0 saturated carbocycles. The van der Waals surface area contributed by atoms with E-state index in [1.807, 2.05) is 36.4 Å². The predicted octanol–water partition coefficient (Wildman–Crippen LogP) is 3.83. The molecule has 0 bridgehead atoms. The maximum absolute atomic E-state index is 9.59. The fourth-order valence-electron chi connectivity index (χ4n) is 1.48. The second-order valence-electron chi connectivity index (χ2n) is 3.39. The fraction of sp³-hybridized carbons (Fsp3) is 0.0769. The van der Waals surface area contributed by atoms with Crippen molar-refractivity contribution in [3.05, 3.63) is 46.9 Å². The van der Waals surface area contributed by atoms with Crippen LogP contribution in [0.1, 0.15) is 0 Å². The first kappa shape index (κ1) is 11.0. The number of hydrogen-bond acceptors (Lipinski definition) is 2. The van der Waals surface area contributed by atoms with Gasteiger partial charge in [0.2, 0.25) is 0 Å². The third kappa shape index (κ3) is 2.19. The summed E-state index contributed by atoms with van der Waals surface area (Å²) < 4.78 is 5.79. The molecule has 2 rings (SSSR count). The van der Waals surface area contributed by atoms with E-state index >= 15 is 0 Å². The topological polar surface area (TPSA) is 29.5 Å². The van der Waals surface area contributed by atoms with Crippen molar-refractivity contribution in [3.63, 3.8) is 0 Å². The average molecular weight is 279 g/mol. The van der Waals surface area contributed by atoms with Gasteiger partial charge < -0.3 is 9.84 Å². The van der Waals surface area contributed by atoms with Crippen LogP contribution in [0, 0.1) is 0 Å². The zero-order valence-electron chi connectivity index (χ0n) is 8.77. The first-order valence-electron chi connectivity index (χ1n) is 4.83. The first-order chi connectivity index (χ1) is 7.70. The molecule has 0 aliphatic carbocycles. The summed E-state index contributed by atoms with van der Waals surface area (Å²) >= 11 is 3.25. The van der Waals surface area contributed by atoms with Crippen LogP contribution in [0.2, 0.25) is 0 Å². The fourth-order valence-corrected chi connectivity index (χ4v) is 1.72. The molecule has 0 heterocycles. The van der Waals surface area contributed by atoms with Crippen LogP contribution < -0.4 is 4.74 Å². The lowest BCUT2D eigenvalue weighted by Gasteiger charge is -2.05. The van der Waals surface area contributed by atoms with Gasteiger partial charge in [0.25, 0.3) is 0 Å². The molecule has 0 unspecified atom stereocenters. The highest BCUT2D eigenvalue weighted by atomic mass is 79.9. The predicted molar refractivity (Wildman–Crippen MR) is 67.8 cm³/mol. The number of aromatic hydroxyl groups is 1. The van der Waals surface area contributed by atoms with Gasteiger partial charge in [-0.05, 0) is 51.3 Å². The van der Waals surface area contributed by atoms with Gasteiger partial charge in [-0.1, -0.05) is 18.2 Å². The van der Waals surface area contributed by atoms with Gasteiger partial charge in [-0.15, -0.1) is 0 Å². The number of rotatable bonds is 2. The van der Waals surface area contributed by atoms with Gasteiger partial charge in [-0.25, -0.2) is 0 Å². The Kier molecular flexibility index (Phi) is 3.15. The molecule has 0 radical (unpaired) electrons. The van der Waals surface area contributed by atoms with Crippen molar-refractivity contribution >= 4 is 15.9 Å². The van der Waals surface area contributed by atoms with Crippen LogP contribution in [0.25, 0.3) is 11.1 Å². The van der Waals surface area contributed by atoms with E-state index in [9.17, 15) is 5.11 Å². The van der Waals surface area contributed by atoms with Crippen LogP contribution in [-0.2, 0) is 0 Å². The van der Waals surface area contributed by atoms with Gasteiger partial charge in [0.15, 0.2) is 0 Å². The highest BCUT2D eigenvalue weighted by Crippen LogP contribution is 2.30. The van der Waals surface area contributed by atoms with E-state index in [1.54, 1.807) is 13.2 Å². The van der Waals surface area contributed by atoms with Crippen molar-refractivity contribution in [1.82, 2.24) is 0 Å². The molecule has 1 N–H and O–H groups in total. The van der Waals surface area contributed by atoms with Crippen molar-refractivity contribution in [2.24, 2.45) is 0 Å². The molecule has 2 aromatic rings. The Balaban J connectivity index is 2.38. The average Bonchev–Trinajstić information content (AvgIpc) is 2.33. The maximum Gasteiger partial charge on any atom is 0.130 e. The minimum absolute atomic E-state index is 0.244. The van der Waals surface area contributed by atoms with Crippen LogP contribution in [0.5, 0.6) is 11.5 Å². The standard InChI is InChI=1S/C13H11BrO2/c1-16-11-5-2-9(3-6-11)10-4-7-12(14)13(15)8-10/h2-8,15H,1H3. The van der Waals surface area contributed by atoms with E-state index in [0.29, 0.717) is 4.47 Å². The van der Waals surface area contributed by atoms with E-state index in [0.717, 1.165) is 16.9 Å². The monoisotopic (exact) mass is 278 g/mol. The second-order valence-corrected chi connectivity index (χ2v) is 4.25. The molecule has 0 aromatic heterocycles. The van der Waals surface area contributed by atoms with Crippen LogP contribution in [0.15, 0.2) is 46.9 Å². The van der Waals surface area contributed by atoms with E-state index in [4.69, 9.17) is 4.74 Å². The van der Waals surface area contributed by atoms with Crippen molar-refractivity contribution in [1.29, 1.82) is 0 Å². The Hall–Kier alpha value is -1.48. The summed E-state index contributed by atoms with van der Waals surface area (Å²) in [6, 6.07) is 13.2. The molecule has 0 aliphatic rings. The molecule has 2 nitrogen and oxygen atoms in total. The SMILES string of the molecule is COc1ccc(-c2ccc(Br)c(O)c2)cc1. The van der Waals surface area contributed by atoms with Gasteiger partial charge in [0, 0.05) is 0 Å². The molecule has 16 heavy (non-hydrogen) atoms. The Morgan fingerprint density at radius 3 is 2.19 bits per heavy atom. The highest BCUT2D eigenvalue weighted by molar-refractivity contribution is 9.10. The number of phenolic OH excluding ortho intramolecular Hbond substituents is 1. The summed E-state index contributed by atoms with van der Waals surface area (Å²) in [5, 5.41) is 9.59. The summed E-state index contributed by atoms with van der Waals surface area (Å²) in [4.78, 5) is 0. The van der Waals surface area contributed by atoms with E-state index < -0.39 is 0 Å². The Morgan fingerprint density at radius 1 is 1.00 bits per heavy atom. The summed E-state index contributed by atoms with van der Waals surface area (Å²) in [5.41, 5.74) is 2.02. The molecule has 0 fully saturated rings. The summed E-state index contributed by atoms with van der Waals surface area (Å²) in [5.74, 6) is 1.07. The minimum Gasteiger partial charge on any atom is -0.507 e. The number of halogens is 1. The number of methoxy groups -OCH3 is 1. The molecular formula is C13H11BrO2. The molecule has 0 saturated heterocycles. The maximum atomic E-state index is 9.59. The molecular weight excluding hydrogens is 268 g/mol. The lowest BCUT2D eigenvalue weighted by atomic mass is 10.1. The number of hydrogen-bond donors (Lipinski definition) is 1. The Morgan fingerprint density at radius 2 is 1.62 bits per heavy atom. The highest BCUT2D eigenvalue weighted by Gasteiger charge is 2.02. The van der Waals surface area contributed by atoms with Crippen LogP contribution in [0.4, 0.5) is 0 Å². The third-order valence-electron chi connectivity index (χ3n) is 2.37. The van der Waals surface area contributed by atoms with Gasteiger partial charge >= 0.3 is 0 Å². The van der Waals surface area contributed by atoms with Crippen LogP contribution in [0.3, 0.4) is 0 Å². The zero-order valence-corrected chi connectivity index (χ0v) is 10.4. The first-order valence-corrected chi connectivity index (χ1v) is 5.63. The normalized spacial score (nSPS) is 10.1. The molecule has 82 valence electrons. The number of benzene rings is 2. The minimum atomic E-state index is 0.244. The third-order valence-corrected chi connectivity index (χ3v) is 3.04. The van der Waals surface area contributed by atoms with Crippen molar-refractivity contribution in [2.75, 3.05) is 7.11 Å². The van der Waals surface area contributed by atoms with Crippen LogP contribution >= 0.6 is 15.9 Å². The van der Waals surface area contributed by atoms with Gasteiger partial charge in [-0.3, -0.25) is 0 Å². The zero-order chi connectivity index (χ0) is 11.5. The molecule has 2 aromatic carbocycles. The smallest absolute Gasteiger partial charge is 0.130 e. The lowest BCUT2D eigenvalue weighted by Crippen LogP contribution is -1.82. The summed E-state index contributed by atoms with van der Waals surface area (Å²) in [7, 11) is 1.64. The number of phenols is 1. The summed E-state index contributed by atoms with van der Waals surface area (Å²) in [6.07, 6.45) is 0. The quantitative estimate of drug-likeness (QED) is 0.905. The molecule has 0 spiro atoms. The lowest BCUT2D eigenvalue weighted by molar-refractivity contribution is 0.415. The molecule has 0 amide bonds. The molecule has 0 atom stereocenters. The molecule has 3 heteroatoms. The van der Waals surface area contributed by atoms with Gasteiger partial charge in [0.1, 0.15) is 11.5 Å². The van der Waals surface area contributed by atoms with Crippen LogP contribution in [-0.4, -0.2) is 12.2 Å². The van der Waals surface area contributed by atoms with E-state index in [-0.39, 0.29) is 5.75 Å². The van der Waals surface area contributed by atoms with Gasteiger partial charge in [0.05, 0.1) is 11.6 Å². The summed E-state index contributed by atoms with van der Waals surface area (Å²) in [6.45, 7) is 0. The van der Waals surface area contributed by atoms with E-state index in [1.165, 1.54) is 0 Å².